The van der Waals surface area contributed by atoms with Gasteiger partial charge in [0, 0.05) is 23.9 Å². The number of Topliss-reactive ketones (excluding diaryl/α,β-unsaturated/α-hetero) is 1. The van der Waals surface area contributed by atoms with Crippen molar-refractivity contribution in [1.82, 2.24) is 14.8 Å². The summed E-state index contributed by atoms with van der Waals surface area (Å²) in [5.74, 6) is 0.250. The van der Waals surface area contributed by atoms with E-state index < -0.39 is 0 Å². The first-order chi connectivity index (χ1) is 7.36. The van der Waals surface area contributed by atoms with Crippen molar-refractivity contribution in [3.8, 4) is 5.13 Å². The smallest absolute Gasteiger partial charge is 0.216 e. The van der Waals surface area contributed by atoms with Crippen molar-refractivity contribution in [3.63, 3.8) is 0 Å². The molecule has 0 atom stereocenters. The summed E-state index contributed by atoms with van der Waals surface area (Å²) in [5, 5.41) is 8.66. The van der Waals surface area contributed by atoms with E-state index in [9.17, 15) is 4.79 Å². The van der Waals surface area contributed by atoms with Crippen LogP contribution in [-0.4, -0.2) is 20.5 Å². The number of hydrogen-bond donors (Lipinski definition) is 0. The standard InChI is InChI=1S/C10H9N3OS/c14-9-3-1-2-8-7(9)4-5-13(8)10-12-11-6-15-10/h4-6H,1-3H2. The van der Waals surface area contributed by atoms with Crippen LogP contribution in [0.15, 0.2) is 17.8 Å². The van der Waals surface area contributed by atoms with Crippen molar-refractivity contribution in [3.05, 3.63) is 29.0 Å². The summed E-state index contributed by atoms with van der Waals surface area (Å²) in [7, 11) is 0. The van der Waals surface area contributed by atoms with Crippen molar-refractivity contribution in [1.29, 1.82) is 0 Å². The van der Waals surface area contributed by atoms with Gasteiger partial charge in [-0.15, -0.1) is 10.2 Å². The maximum Gasteiger partial charge on any atom is 0.216 e. The van der Waals surface area contributed by atoms with E-state index in [1.807, 2.05) is 16.8 Å². The molecule has 0 aliphatic heterocycles. The Morgan fingerprint density at radius 1 is 1.40 bits per heavy atom. The van der Waals surface area contributed by atoms with Crippen molar-refractivity contribution < 1.29 is 4.79 Å². The van der Waals surface area contributed by atoms with Gasteiger partial charge < -0.3 is 0 Å². The SMILES string of the molecule is O=C1CCCc2c1ccn2-c1nncs1. The van der Waals surface area contributed by atoms with Crippen LogP contribution in [0.4, 0.5) is 0 Å². The molecule has 0 bridgehead atoms. The molecule has 0 fully saturated rings. The maximum absolute atomic E-state index is 11.6. The minimum Gasteiger partial charge on any atom is -0.295 e. The molecule has 2 aromatic heterocycles. The average molecular weight is 219 g/mol. The van der Waals surface area contributed by atoms with E-state index in [1.165, 1.54) is 11.3 Å². The van der Waals surface area contributed by atoms with Gasteiger partial charge in [0.05, 0.1) is 0 Å². The normalized spacial score (nSPS) is 15.3. The van der Waals surface area contributed by atoms with E-state index in [4.69, 9.17) is 0 Å². The van der Waals surface area contributed by atoms with Gasteiger partial charge >= 0.3 is 0 Å². The molecule has 2 heterocycles. The van der Waals surface area contributed by atoms with Crippen LogP contribution in [0.25, 0.3) is 5.13 Å². The van der Waals surface area contributed by atoms with Gasteiger partial charge in [0.2, 0.25) is 5.13 Å². The molecule has 15 heavy (non-hydrogen) atoms. The highest BCUT2D eigenvalue weighted by molar-refractivity contribution is 7.11. The third-order valence-electron chi connectivity index (χ3n) is 2.66. The minimum atomic E-state index is 0.250. The van der Waals surface area contributed by atoms with Gasteiger partial charge in [0.1, 0.15) is 5.51 Å². The molecule has 0 unspecified atom stereocenters. The predicted octanol–water partition coefficient (Wildman–Crippen LogP) is 1.85. The Balaban J connectivity index is 2.15. The highest BCUT2D eigenvalue weighted by atomic mass is 32.1. The number of carbonyl (C=O) groups is 1. The summed E-state index contributed by atoms with van der Waals surface area (Å²) in [6, 6.07) is 1.89. The number of nitrogens with zero attached hydrogens (tertiary/aromatic N) is 3. The highest BCUT2D eigenvalue weighted by Gasteiger charge is 2.21. The van der Waals surface area contributed by atoms with E-state index in [-0.39, 0.29) is 5.78 Å². The summed E-state index contributed by atoms with van der Waals surface area (Å²) < 4.78 is 1.98. The Morgan fingerprint density at radius 2 is 2.33 bits per heavy atom. The van der Waals surface area contributed by atoms with E-state index in [1.54, 1.807) is 5.51 Å². The molecule has 0 saturated heterocycles. The van der Waals surface area contributed by atoms with Crippen molar-refractivity contribution in [2.45, 2.75) is 19.3 Å². The largest absolute Gasteiger partial charge is 0.295 e. The molecule has 0 radical (unpaired) electrons. The molecule has 4 nitrogen and oxygen atoms in total. The molecule has 0 saturated carbocycles. The molecule has 1 aliphatic rings. The summed E-state index contributed by atoms with van der Waals surface area (Å²) in [4.78, 5) is 11.6. The highest BCUT2D eigenvalue weighted by Crippen LogP contribution is 2.25. The monoisotopic (exact) mass is 219 g/mol. The van der Waals surface area contributed by atoms with Crippen LogP contribution in [0.1, 0.15) is 28.9 Å². The van der Waals surface area contributed by atoms with Crippen LogP contribution in [-0.2, 0) is 6.42 Å². The van der Waals surface area contributed by atoms with Crippen LogP contribution in [0, 0.1) is 0 Å². The van der Waals surface area contributed by atoms with E-state index >= 15 is 0 Å². The maximum atomic E-state index is 11.6. The van der Waals surface area contributed by atoms with Crippen LogP contribution < -0.4 is 0 Å². The number of rotatable bonds is 1. The molecule has 0 amide bonds. The number of aromatic nitrogens is 3. The molecule has 2 aromatic rings. The zero-order valence-electron chi connectivity index (χ0n) is 8.01. The minimum absolute atomic E-state index is 0.250. The average Bonchev–Trinajstić information content (AvgIpc) is 2.85. The van der Waals surface area contributed by atoms with Crippen LogP contribution in [0.3, 0.4) is 0 Å². The quantitative estimate of drug-likeness (QED) is 0.735. The second kappa shape index (κ2) is 3.27. The fourth-order valence-electron chi connectivity index (χ4n) is 1.98. The Labute approximate surface area is 90.6 Å². The van der Waals surface area contributed by atoms with E-state index in [0.717, 1.165) is 29.2 Å². The molecule has 0 aromatic carbocycles. The summed E-state index contributed by atoms with van der Waals surface area (Å²) in [5.41, 5.74) is 3.64. The van der Waals surface area contributed by atoms with Gasteiger partial charge in [-0.1, -0.05) is 11.3 Å². The van der Waals surface area contributed by atoms with Gasteiger partial charge in [0.25, 0.3) is 0 Å². The van der Waals surface area contributed by atoms with Gasteiger partial charge in [0.15, 0.2) is 5.78 Å². The zero-order chi connectivity index (χ0) is 10.3. The van der Waals surface area contributed by atoms with Crippen LogP contribution in [0.5, 0.6) is 0 Å². The molecular weight excluding hydrogens is 210 g/mol. The lowest BCUT2D eigenvalue weighted by molar-refractivity contribution is 0.0972. The summed E-state index contributed by atoms with van der Waals surface area (Å²) in [6.07, 6.45) is 4.48. The third-order valence-corrected chi connectivity index (χ3v) is 3.35. The molecule has 0 N–H and O–H groups in total. The first-order valence-corrected chi connectivity index (χ1v) is 5.74. The third kappa shape index (κ3) is 1.31. The Kier molecular flexibility index (Phi) is 1.92. The molecule has 76 valence electrons. The number of ketones is 1. The lowest BCUT2D eigenvalue weighted by Gasteiger charge is -2.12. The first kappa shape index (κ1) is 8.79. The zero-order valence-corrected chi connectivity index (χ0v) is 8.83. The molecule has 5 heteroatoms. The number of fused-ring (bicyclic) bond motifs is 1. The first-order valence-electron chi connectivity index (χ1n) is 4.86. The second-order valence-electron chi connectivity index (χ2n) is 3.54. The van der Waals surface area contributed by atoms with Gasteiger partial charge in [-0.2, -0.15) is 0 Å². The second-order valence-corrected chi connectivity index (χ2v) is 4.36. The van der Waals surface area contributed by atoms with Gasteiger partial charge in [-0.25, -0.2) is 0 Å². The number of carbonyl (C=O) groups excluding carboxylic acids is 1. The van der Waals surface area contributed by atoms with E-state index in [0.29, 0.717) is 6.42 Å². The fraction of sp³-hybridized carbons (Fsp3) is 0.300. The predicted molar refractivity (Wildman–Crippen MR) is 56.5 cm³/mol. The van der Waals surface area contributed by atoms with Crippen molar-refractivity contribution in [2.75, 3.05) is 0 Å². The van der Waals surface area contributed by atoms with Crippen LogP contribution >= 0.6 is 11.3 Å². The lowest BCUT2D eigenvalue weighted by atomic mass is 9.97. The van der Waals surface area contributed by atoms with Crippen molar-refractivity contribution >= 4 is 17.1 Å². The van der Waals surface area contributed by atoms with Crippen LogP contribution in [0.2, 0.25) is 0 Å². The fourth-order valence-corrected chi connectivity index (χ4v) is 2.54. The summed E-state index contributed by atoms with van der Waals surface area (Å²) in [6.45, 7) is 0. The molecular formula is C10H9N3OS. The number of hydrogen-bond acceptors (Lipinski definition) is 4. The Bertz CT molecular complexity index is 501. The topological polar surface area (TPSA) is 47.8 Å². The van der Waals surface area contributed by atoms with Gasteiger partial charge in [-0.05, 0) is 18.9 Å². The van der Waals surface area contributed by atoms with Gasteiger partial charge in [-0.3, -0.25) is 9.36 Å². The molecule has 0 spiro atoms. The molecule has 3 rings (SSSR count). The summed E-state index contributed by atoms with van der Waals surface area (Å²) >= 11 is 1.48. The molecule has 1 aliphatic carbocycles. The Hall–Kier alpha value is -1.49. The van der Waals surface area contributed by atoms with E-state index in [2.05, 4.69) is 10.2 Å². The Morgan fingerprint density at radius 3 is 3.13 bits per heavy atom. The van der Waals surface area contributed by atoms with Crippen molar-refractivity contribution in [2.24, 2.45) is 0 Å². The lowest BCUT2D eigenvalue weighted by Crippen LogP contribution is -2.12.